The van der Waals surface area contributed by atoms with Crippen molar-refractivity contribution < 1.29 is 9.13 Å². The summed E-state index contributed by atoms with van der Waals surface area (Å²) in [6.07, 6.45) is 1.60. The molecule has 1 heterocycles. The van der Waals surface area contributed by atoms with Gasteiger partial charge in [-0.1, -0.05) is 17.7 Å². The number of hydrogen-bond donors (Lipinski definition) is 1. The number of nitrogens with one attached hydrogen (secondary N) is 1. The summed E-state index contributed by atoms with van der Waals surface area (Å²) in [5.74, 6) is -0.269. The summed E-state index contributed by atoms with van der Waals surface area (Å²) in [5.41, 5.74) is 2.65. The second-order valence-electron chi connectivity index (χ2n) is 4.82. The first kappa shape index (κ1) is 15.9. The summed E-state index contributed by atoms with van der Waals surface area (Å²) >= 11 is 6.28. The molecule has 0 fully saturated rings. The number of ether oxygens (including phenoxy) is 1. The number of halogens is 2. The van der Waals surface area contributed by atoms with E-state index >= 15 is 0 Å². The lowest BCUT2D eigenvalue weighted by Crippen LogP contribution is -2.23. The maximum atomic E-state index is 13.6. The molecule has 0 saturated carbocycles. The average molecular weight is 312 g/mol. The van der Waals surface area contributed by atoms with Gasteiger partial charge in [0, 0.05) is 7.11 Å². The Hall–Kier alpha value is -1.43. The first-order valence-electron chi connectivity index (χ1n) is 6.72. The predicted octanol–water partition coefficient (Wildman–Crippen LogP) is 2.94. The summed E-state index contributed by atoms with van der Waals surface area (Å²) in [4.78, 5) is 0. The van der Waals surface area contributed by atoms with Crippen LogP contribution >= 0.6 is 11.6 Å². The zero-order valence-electron chi connectivity index (χ0n) is 12.4. The monoisotopic (exact) mass is 311 g/mol. The van der Waals surface area contributed by atoms with Crippen molar-refractivity contribution in [2.24, 2.45) is 0 Å². The third-order valence-electron chi connectivity index (χ3n) is 3.45. The molecule has 21 heavy (non-hydrogen) atoms. The molecular formula is C15H19ClFN3O. The molecule has 1 aromatic heterocycles. The second-order valence-corrected chi connectivity index (χ2v) is 5.22. The van der Waals surface area contributed by atoms with Crippen molar-refractivity contribution in [2.75, 3.05) is 20.8 Å². The van der Waals surface area contributed by atoms with Gasteiger partial charge in [0.2, 0.25) is 0 Å². The maximum Gasteiger partial charge on any atom is 0.123 e. The van der Waals surface area contributed by atoms with Gasteiger partial charge in [0.15, 0.2) is 0 Å². The van der Waals surface area contributed by atoms with E-state index < -0.39 is 0 Å². The molecule has 1 N–H and O–H groups in total. The molecule has 1 unspecified atom stereocenters. The highest BCUT2D eigenvalue weighted by Gasteiger charge is 2.22. The Kier molecular flexibility index (Phi) is 5.33. The third kappa shape index (κ3) is 3.43. The molecule has 0 amide bonds. The summed E-state index contributed by atoms with van der Waals surface area (Å²) in [6.45, 7) is 3.07. The van der Waals surface area contributed by atoms with Gasteiger partial charge in [0.05, 0.1) is 36.1 Å². The molecule has 114 valence electrons. The van der Waals surface area contributed by atoms with Crippen molar-refractivity contribution in [1.29, 1.82) is 0 Å². The maximum absolute atomic E-state index is 13.6. The van der Waals surface area contributed by atoms with E-state index in [-0.39, 0.29) is 11.9 Å². The van der Waals surface area contributed by atoms with Gasteiger partial charge in [-0.25, -0.2) is 4.39 Å². The fourth-order valence-corrected chi connectivity index (χ4v) is 2.63. The Labute approximate surface area is 128 Å². The number of nitrogens with zero attached hydrogens (tertiary/aromatic N) is 2. The van der Waals surface area contributed by atoms with Gasteiger partial charge < -0.3 is 10.1 Å². The molecule has 0 aliphatic rings. The Morgan fingerprint density at radius 2 is 2.24 bits per heavy atom. The lowest BCUT2D eigenvalue weighted by atomic mass is 9.98. The summed E-state index contributed by atoms with van der Waals surface area (Å²) in [5, 5.41) is 8.01. The van der Waals surface area contributed by atoms with Gasteiger partial charge in [-0.2, -0.15) is 5.10 Å². The van der Waals surface area contributed by atoms with Crippen LogP contribution in [0.5, 0.6) is 0 Å². The SMILES string of the molecule is CNC(c1cc(F)ccc1C)c1c(Cl)cnn1CCOC. The van der Waals surface area contributed by atoms with Crippen LogP contribution < -0.4 is 5.32 Å². The molecule has 1 aromatic carbocycles. The van der Waals surface area contributed by atoms with Crippen LogP contribution in [0.15, 0.2) is 24.4 Å². The average Bonchev–Trinajstić information content (AvgIpc) is 2.83. The minimum Gasteiger partial charge on any atom is -0.383 e. The van der Waals surface area contributed by atoms with Crippen LogP contribution in [-0.2, 0) is 11.3 Å². The summed E-state index contributed by atoms with van der Waals surface area (Å²) in [7, 11) is 3.45. The van der Waals surface area contributed by atoms with Crippen molar-refractivity contribution >= 4 is 11.6 Å². The molecule has 2 rings (SSSR count). The van der Waals surface area contributed by atoms with Gasteiger partial charge in [-0.3, -0.25) is 4.68 Å². The Balaban J connectivity index is 2.46. The zero-order valence-corrected chi connectivity index (χ0v) is 13.1. The number of hydrogen-bond acceptors (Lipinski definition) is 3. The minimum absolute atomic E-state index is 0.229. The van der Waals surface area contributed by atoms with Crippen LogP contribution in [0, 0.1) is 12.7 Å². The van der Waals surface area contributed by atoms with Gasteiger partial charge in [-0.15, -0.1) is 0 Å². The van der Waals surface area contributed by atoms with Crippen molar-refractivity contribution in [1.82, 2.24) is 15.1 Å². The topological polar surface area (TPSA) is 39.1 Å². The molecular weight excluding hydrogens is 293 g/mol. The first-order chi connectivity index (χ1) is 10.1. The zero-order chi connectivity index (χ0) is 15.4. The molecule has 1 atom stereocenters. The van der Waals surface area contributed by atoms with Crippen molar-refractivity contribution in [3.63, 3.8) is 0 Å². The van der Waals surface area contributed by atoms with Crippen LogP contribution in [0.25, 0.3) is 0 Å². The molecule has 0 aliphatic heterocycles. The Morgan fingerprint density at radius 1 is 1.48 bits per heavy atom. The highest BCUT2D eigenvalue weighted by Crippen LogP contribution is 2.30. The van der Waals surface area contributed by atoms with E-state index in [0.717, 1.165) is 16.8 Å². The minimum atomic E-state index is -0.269. The van der Waals surface area contributed by atoms with Crippen LogP contribution in [-0.4, -0.2) is 30.5 Å². The lowest BCUT2D eigenvalue weighted by molar-refractivity contribution is 0.182. The highest BCUT2D eigenvalue weighted by molar-refractivity contribution is 6.31. The second kappa shape index (κ2) is 7.02. The highest BCUT2D eigenvalue weighted by atomic mass is 35.5. The third-order valence-corrected chi connectivity index (χ3v) is 3.75. The number of aromatic nitrogens is 2. The molecule has 6 heteroatoms. The van der Waals surface area contributed by atoms with E-state index in [1.54, 1.807) is 24.1 Å². The molecule has 0 saturated heterocycles. The van der Waals surface area contributed by atoms with Gasteiger partial charge in [-0.05, 0) is 37.2 Å². The normalized spacial score (nSPS) is 12.6. The largest absolute Gasteiger partial charge is 0.383 e. The van der Waals surface area contributed by atoms with E-state index in [1.165, 1.54) is 12.1 Å². The molecule has 0 aliphatic carbocycles. The van der Waals surface area contributed by atoms with Crippen molar-refractivity contribution in [3.05, 3.63) is 52.1 Å². The molecule has 2 aromatic rings. The fourth-order valence-electron chi connectivity index (χ4n) is 2.38. The fraction of sp³-hybridized carbons (Fsp3) is 0.400. The van der Waals surface area contributed by atoms with Crippen molar-refractivity contribution in [2.45, 2.75) is 19.5 Å². The van der Waals surface area contributed by atoms with E-state index in [4.69, 9.17) is 16.3 Å². The Morgan fingerprint density at radius 3 is 2.90 bits per heavy atom. The summed E-state index contributed by atoms with van der Waals surface area (Å²) < 4.78 is 20.5. The number of rotatable bonds is 6. The smallest absolute Gasteiger partial charge is 0.123 e. The first-order valence-corrected chi connectivity index (χ1v) is 7.09. The predicted molar refractivity (Wildman–Crippen MR) is 81.2 cm³/mol. The van der Waals surface area contributed by atoms with Crippen LogP contribution in [0.4, 0.5) is 4.39 Å². The van der Waals surface area contributed by atoms with Crippen molar-refractivity contribution in [3.8, 4) is 0 Å². The number of methoxy groups -OCH3 is 1. The summed E-state index contributed by atoms with van der Waals surface area (Å²) in [6, 6.07) is 4.52. The lowest BCUT2D eigenvalue weighted by Gasteiger charge is -2.21. The molecule has 0 bridgehead atoms. The van der Waals surface area contributed by atoms with Crippen LogP contribution in [0.2, 0.25) is 5.02 Å². The van der Waals surface area contributed by atoms with E-state index in [2.05, 4.69) is 10.4 Å². The van der Waals surface area contributed by atoms with E-state index in [1.807, 2.05) is 14.0 Å². The van der Waals surface area contributed by atoms with Gasteiger partial charge in [0.25, 0.3) is 0 Å². The van der Waals surface area contributed by atoms with Crippen LogP contribution in [0.3, 0.4) is 0 Å². The quantitative estimate of drug-likeness (QED) is 0.891. The molecule has 0 spiro atoms. The Bertz CT molecular complexity index is 615. The van der Waals surface area contributed by atoms with Gasteiger partial charge in [0.1, 0.15) is 5.82 Å². The number of aryl methyl sites for hydroxylation is 1. The van der Waals surface area contributed by atoms with E-state index in [0.29, 0.717) is 18.2 Å². The molecule has 0 radical (unpaired) electrons. The number of benzene rings is 1. The molecule has 4 nitrogen and oxygen atoms in total. The van der Waals surface area contributed by atoms with Crippen LogP contribution in [0.1, 0.15) is 22.9 Å². The van der Waals surface area contributed by atoms with Gasteiger partial charge >= 0.3 is 0 Å². The standard InChI is InChI=1S/C15H19ClFN3O/c1-10-4-5-11(17)8-12(10)14(18-2)15-13(16)9-19-20(15)6-7-21-3/h4-5,8-9,14,18H,6-7H2,1-3H3. The van der Waals surface area contributed by atoms with E-state index in [9.17, 15) is 4.39 Å².